The van der Waals surface area contributed by atoms with Gasteiger partial charge in [-0.3, -0.25) is 10.1 Å². The number of amides is 2. The van der Waals surface area contributed by atoms with Crippen molar-refractivity contribution in [3.05, 3.63) is 24.0 Å². The molecule has 1 saturated carbocycles. The predicted octanol–water partition coefficient (Wildman–Crippen LogP) is 3.11. The van der Waals surface area contributed by atoms with Crippen molar-refractivity contribution >= 4 is 23.4 Å². The van der Waals surface area contributed by atoms with Crippen molar-refractivity contribution in [3.63, 3.8) is 0 Å². The molecule has 1 aliphatic rings. The molecule has 6 nitrogen and oxygen atoms in total. The minimum atomic E-state index is -0.686. The zero-order valence-electron chi connectivity index (χ0n) is 14.2. The highest BCUT2D eigenvalue weighted by Crippen LogP contribution is 2.28. The Morgan fingerprint density at radius 1 is 1.29 bits per heavy atom. The van der Waals surface area contributed by atoms with Gasteiger partial charge in [-0.1, -0.05) is 6.07 Å². The SMILES string of the molecule is CC(C)(C)OC(=O)Nc1cccc(F)c1NCC(=O)NCC1CC1. The molecule has 0 atom stereocenters. The summed E-state index contributed by atoms with van der Waals surface area (Å²) in [5.74, 6) is -0.196. The Bertz CT molecular complexity index is 610. The van der Waals surface area contributed by atoms with Crippen LogP contribution < -0.4 is 16.0 Å². The first-order chi connectivity index (χ1) is 11.2. The summed E-state index contributed by atoms with van der Waals surface area (Å²) >= 11 is 0. The molecular formula is C17H24FN3O3. The second kappa shape index (κ2) is 7.51. The van der Waals surface area contributed by atoms with E-state index in [-0.39, 0.29) is 23.8 Å². The summed E-state index contributed by atoms with van der Waals surface area (Å²) in [6.07, 6.45) is 1.60. The molecule has 0 saturated heterocycles. The van der Waals surface area contributed by atoms with E-state index in [4.69, 9.17) is 4.74 Å². The second-order valence-corrected chi connectivity index (χ2v) is 6.89. The number of para-hydroxylation sites is 1. The Hall–Kier alpha value is -2.31. The first-order valence-corrected chi connectivity index (χ1v) is 8.03. The van der Waals surface area contributed by atoms with Gasteiger partial charge >= 0.3 is 6.09 Å². The van der Waals surface area contributed by atoms with Crippen LogP contribution in [0.15, 0.2) is 18.2 Å². The number of carbonyl (C=O) groups is 2. The number of halogens is 1. The second-order valence-electron chi connectivity index (χ2n) is 6.89. The highest BCUT2D eigenvalue weighted by Gasteiger charge is 2.22. The van der Waals surface area contributed by atoms with Gasteiger partial charge in [0.15, 0.2) is 0 Å². The number of rotatable bonds is 6. The predicted molar refractivity (Wildman–Crippen MR) is 90.5 cm³/mol. The lowest BCUT2D eigenvalue weighted by Gasteiger charge is -2.20. The zero-order valence-corrected chi connectivity index (χ0v) is 14.2. The van der Waals surface area contributed by atoms with Gasteiger partial charge in [0.2, 0.25) is 5.91 Å². The van der Waals surface area contributed by atoms with Crippen LogP contribution in [0, 0.1) is 11.7 Å². The van der Waals surface area contributed by atoms with Gasteiger partial charge < -0.3 is 15.4 Å². The maximum atomic E-state index is 14.0. The molecule has 2 amide bonds. The van der Waals surface area contributed by atoms with E-state index in [0.717, 1.165) is 12.8 Å². The standard InChI is InChI=1S/C17H24FN3O3/c1-17(2,3)24-16(23)21-13-6-4-5-12(18)15(13)20-10-14(22)19-9-11-7-8-11/h4-6,11,20H,7-10H2,1-3H3,(H,19,22)(H,21,23). The summed E-state index contributed by atoms with van der Waals surface area (Å²) in [4.78, 5) is 23.6. The van der Waals surface area contributed by atoms with Crippen LogP contribution in [0.3, 0.4) is 0 Å². The van der Waals surface area contributed by atoms with Crippen LogP contribution >= 0.6 is 0 Å². The topological polar surface area (TPSA) is 79.5 Å². The third kappa shape index (κ3) is 6.06. The van der Waals surface area contributed by atoms with Crippen molar-refractivity contribution in [1.82, 2.24) is 5.32 Å². The summed E-state index contributed by atoms with van der Waals surface area (Å²) in [5.41, 5.74) is -0.377. The molecule has 2 rings (SSSR count). The minimum absolute atomic E-state index is 0.0601. The Morgan fingerprint density at radius 3 is 2.62 bits per heavy atom. The van der Waals surface area contributed by atoms with Crippen LogP contribution in [0.1, 0.15) is 33.6 Å². The summed E-state index contributed by atoms with van der Waals surface area (Å²) < 4.78 is 19.2. The molecule has 132 valence electrons. The van der Waals surface area contributed by atoms with Crippen LogP contribution in [0.4, 0.5) is 20.6 Å². The number of benzene rings is 1. The van der Waals surface area contributed by atoms with E-state index in [1.165, 1.54) is 18.2 Å². The van der Waals surface area contributed by atoms with Gasteiger partial charge in [0, 0.05) is 6.54 Å². The van der Waals surface area contributed by atoms with Gasteiger partial charge in [-0.2, -0.15) is 0 Å². The lowest BCUT2D eigenvalue weighted by atomic mass is 10.2. The van der Waals surface area contributed by atoms with E-state index in [1.807, 2.05) is 0 Å². The zero-order chi connectivity index (χ0) is 17.7. The first kappa shape index (κ1) is 18.0. The first-order valence-electron chi connectivity index (χ1n) is 8.03. The van der Waals surface area contributed by atoms with E-state index in [2.05, 4.69) is 16.0 Å². The van der Waals surface area contributed by atoms with E-state index < -0.39 is 17.5 Å². The van der Waals surface area contributed by atoms with Crippen LogP contribution in [-0.2, 0) is 9.53 Å². The van der Waals surface area contributed by atoms with Crippen molar-refractivity contribution in [2.75, 3.05) is 23.7 Å². The van der Waals surface area contributed by atoms with Gasteiger partial charge in [0.05, 0.1) is 17.9 Å². The third-order valence-corrected chi connectivity index (χ3v) is 3.36. The minimum Gasteiger partial charge on any atom is -0.444 e. The number of nitrogens with one attached hydrogen (secondary N) is 3. The maximum absolute atomic E-state index is 14.0. The summed E-state index contributed by atoms with van der Waals surface area (Å²) in [6.45, 7) is 5.79. The molecule has 1 fully saturated rings. The molecular weight excluding hydrogens is 313 g/mol. The molecule has 3 N–H and O–H groups in total. The van der Waals surface area contributed by atoms with Gasteiger partial charge in [-0.25, -0.2) is 9.18 Å². The molecule has 24 heavy (non-hydrogen) atoms. The highest BCUT2D eigenvalue weighted by atomic mass is 19.1. The molecule has 1 aromatic carbocycles. The van der Waals surface area contributed by atoms with Crippen molar-refractivity contribution in [2.24, 2.45) is 5.92 Å². The summed E-state index contributed by atoms with van der Waals surface area (Å²) in [6, 6.07) is 4.27. The molecule has 7 heteroatoms. The molecule has 0 heterocycles. The fourth-order valence-electron chi connectivity index (χ4n) is 2.03. The average Bonchev–Trinajstić information content (AvgIpc) is 3.26. The lowest BCUT2D eigenvalue weighted by Crippen LogP contribution is -2.32. The van der Waals surface area contributed by atoms with Gasteiger partial charge in [0.1, 0.15) is 11.4 Å². The van der Waals surface area contributed by atoms with Crippen LogP contribution in [0.5, 0.6) is 0 Å². The number of carbonyl (C=O) groups excluding carboxylic acids is 2. The Kier molecular flexibility index (Phi) is 5.64. The molecule has 1 aliphatic carbocycles. The van der Waals surface area contributed by atoms with Crippen LogP contribution in [0.25, 0.3) is 0 Å². The molecule has 1 aromatic rings. The molecule has 0 spiro atoms. The molecule has 0 aliphatic heterocycles. The van der Waals surface area contributed by atoms with E-state index in [1.54, 1.807) is 20.8 Å². The Morgan fingerprint density at radius 2 is 2.00 bits per heavy atom. The van der Waals surface area contributed by atoms with Crippen molar-refractivity contribution in [3.8, 4) is 0 Å². The fraction of sp³-hybridized carbons (Fsp3) is 0.529. The molecule has 0 unspecified atom stereocenters. The third-order valence-electron chi connectivity index (χ3n) is 3.36. The summed E-state index contributed by atoms with van der Waals surface area (Å²) in [5, 5.41) is 8.02. The quantitative estimate of drug-likeness (QED) is 0.745. The largest absolute Gasteiger partial charge is 0.444 e. The molecule has 0 bridgehead atoms. The highest BCUT2D eigenvalue weighted by molar-refractivity contribution is 5.91. The smallest absolute Gasteiger partial charge is 0.412 e. The van der Waals surface area contributed by atoms with Crippen molar-refractivity contribution in [1.29, 1.82) is 0 Å². The van der Waals surface area contributed by atoms with Crippen LogP contribution in [0.2, 0.25) is 0 Å². The van der Waals surface area contributed by atoms with Gasteiger partial charge in [-0.05, 0) is 51.7 Å². The Balaban J connectivity index is 1.95. The maximum Gasteiger partial charge on any atom is 0.412 e. The monoisotopic (exact) mass is 337 g/mol. The number of anilines is 2. The average molecular weight is 337 g/mol. The number of ether oxygens (including phenoxy) is 1. The van der Waals surface area contributed by atoms with E-state index in [9.17, 15) is 14.0 Å². The number of hydrogen-bond donors (Lipinski definition) is 3. The van der Waals surface area contributed by atoms with Crippen molar-refractivity contribution in [2.45, 2.75) is 39.2 Å². The van der Waals surface area contributed by atoms with E-state index >= 15 is 0 Å². The summed E-state index contributed by atoms with van der Waals surface area (Å²) in [7, 11) is 0. The Labute approximate surface area is 141 Å². The lowest BCUT2D eigenvalue weighted by molar-refractivity contribution is -0.119. The van der Waals surface area contributed by atoms with E-state index in [0.29, 0.717) is 12.5 Å². The molecule has 0 aromatic heterocycles. The number of hydrogen-bond acceptors (Lipinski definition) is 4. The van der Waals surface area contributed by atoms with Gasteiger partial charge in [-0.15, -0.1) is 0 Å². The van der Waals surface area contributed by atoms with Gasteiger partial charge in [0.25, 0.3) is 0 Å². The van der Waals surface area contributed by atoms with Crippen molar-refractivity contribution < 1.29 is 18.7 Å². The van der Waals surface area contributed by atoms with Crippen LogP contribution in [-0.4, -0.2) is 30.7 Å². The fourth-order valence-corrected chi connectivity index (χ4v) is 2.03. The molecule has 0 radical (unpaired) electrons. The normalized spacial score (nSPS) is 14.0.